The van der Waals surface area contributed by atoms with Gasteiger partial charge in [-0.2, -0.15) is 0 Å². The normalized spacial score (nSPS) is 21.5. The zero-order chi connectivity index (χ0) is 13.9. The molecule has 1 fully saturated rings. The Morgan fingerprint density at radius 3 is 2.68 bits per heavy atom. The van der Waals surface area contributed by atoms with Crippen LogP contribution in [0.3, 0.4) is 0 Å². The lowest BCUT2D eigenvalue weighted by molar-refractivity contribution is -0.0494. The number of thiazole rings is 1. The molecular formula is C14H22F2N2S. The topological polar surface area (TPSA) is 24.9 Å². The molecule has 0 bridgehead atoms. The zero-order valence-corrected chi connectivity index (χ0v) is 12.4. The average Bonchev–Trinajstić information content (AvgIpc) is 2.74. The molecule has 5 heteroatoms. The van der Waals surface area contributed by atoms with Gasteiger partial charge in [0.05, 0.1) is 10.7 Å². The van der Waals surface area contributed by atoms with E-state index in [0.29, 0.717) is 18.8 Å². The van der Waals surface area contributed by atoms with E-state index in [2.05, 4.69) is 22.6 Å². The first kappa shape index (κ1) is 14.9. The van der Waals surface area contributed by atoms with Crippen molar-refractivity contribution in [2.45, 2.75) is 57.9 Å². The van der Waals surface area contributed by atoms with Gasteiger partial charge in [-0.1, -0.05) is 6.92 Å². The highest BCUT2D eigenvalue weighted by Gasteiger charge is 2.37. The number of nitrogens with one attached hydrogen (secondary N) is 1. The Bertz CT molecular complexity index is 396. The van der Waals surface area contributed by atoms with Crippen LogP contribution in [0.2, 0.25) is 0 Å². The van der Waals surface area contributed by atoms with Gasteiger partial charge in [0.2, 0.25) is 5.92 Å². The number of nitrogens with zero attached hydrogens (tertiary/aromatic N) is 1. The fourth-order valence-corrected chi connectivity index (χ4v) is 3.49. The molecule has 1 aliphatic rings. The molecule has 0 aliphatic heterocycles. The summed E-state index contributed by atoms with van der Waals surface area (Å²) in [6, 6.07) is 0.280. The molecule has 0 amide bonds. The largest absolute Gasteiger partial charge is 0.314 e. The van der Waals surface area contributed by atoms with Crippen molar-refractivity contribution in [3.63, 3.8) is 0 Å². The van der Waals surface area contributed by atoms with Gasteiger partial charge in [-0.25, -0.2) is 13.8 Å². The lowest BCUT2D eigenvalue weighted by Crippen LogP contribution is -2.41. The summed E-state index contributed by atoms with van der Waals surface area (Å²) in [7, 11) is 0. The van der Waals surface area contributed by atoms with Crippen molar-refractivity contribution in [1.82, 2.24) is 10.3 Å². The van der Waals surface area contributed by atoms with Gasteiger partial charge in [-0.3, -0.25) is 0 Å². The fraction of sp³-hybridized carbons (Fsp3) is 0.786. The molecule has 1 N–H and O–H groups in total. The van der Waals surface area contributed by atoms with E-state index < -0.39 is 5.92 Å². The monoisotopic (exact) mass is 288 g/mol. The molecule has 1 aliphatic carbocycles. The van der Waals surface area contributed by atoms with Gasteiger partial charge in [0.25, 0.3) is 0 Å². The van der Waals surface area contributed by atoms with Gasteiger partial charge in [-0.15, -0.1) is 11.3 Å². The smallest absolute Gasteiger partial charge is 0.248 e. The van der Waals surface area contributed by atoms with Crippen LogP contribution in [0.5, 0.6) is 0 Å². The molecule has 0 aromatic carbocycles. The van der Waals surface area contributed by atoms with Crippen molar-refractivity contribution < 1.29 is 8.78 Å². The molecular weight excluding hydrogens is 266 g/mol. The maximum atomic E-state index is 13.2. The maximum Gasteiger partial charge on any atom is 0.248 e. The van der Waals surface area contributed by atoms with Crippen molar-refractivity contribution in [3.8, 4) is 0 Å². The first-order valence-electron chi connectivity index (χ1n) is 7.02. The standard InChI is InChI=1S/C14H22F2N2S/c1-3-17-13(8-12-9-19-10(2)18-12)11-4-6-14(15,16)7-5-11/h9,11,13,17H,3-8H2,1-2H3. The van der Waals surface area contributed by atoms with Crippen molar-refractivity contribution in [3.05, 3.63) is 16.1 Å². The third kappa shape index (κ3) is 4.21. The highest BCUT2D eigenvalue weighted by molar-refractivity contribution is 7.09. The second-order valence-corrected chi connectivity index (χ2v) is 6.48. The van der Waals surface area contributed by atoms with Gasteiger partial charge in [0.1, 0.15) is 0 Å². The molecule has 1 atom stereocenters. The highest BCUT2D eigenvalue weighted by atomic mass is 32.1. The van der Waals surface area contributed by atoms with Crippen LogP contribution < -0.4 is 5.32 Å². The molecule has 1 unspecified atom stereocenters. The van der Waals surface area contributed by atoms with Crippen LogP contribution >= 0.6 is 11.3 Å². The van der Waals surface area contributed by atoms with E-state index in [-0.39, 0.29) is 18.9 Å². The first-order chi connectivity index (χ1) is 9.00. The molecule has 0 spiro atoms. The van der Waals surface area contributed by atoms with Crippen LogP contribution in [0.15, 0.2) is 5.38 Å². The van der Waals surface area contributed by atoms with Crippen molar-refractivity contribution in [2.75, 3.05) is 6.54 Å². The van der Waals surface area contributed by atoms with E-state index in [4.69, 9.17) is 0 Å². The molecule has 1 saturated carbocycles. The lowest BCUT2D eigenvalue weighted by atomic mass is 9.80. The lowest BCUT2D eigenvalue weighted by Gasteiger charge is -2.34. The molecule has 1 aromatic heterocycles. The first-order valence-corrected chi connectivity index (χ1v) is 7.90. The number of rotatable bonds is 5. The number of likely N-dealkylation sites (N-methyl/N-ethyl adjacent to an activating group) is 1. The van der Waals surface area contributed by atoms with Gasteiger partial charge >= 0.3 is 0 Å². The van der Waals surface area contributed by atoms with Crippen LogP contribution in [-0.4, -0.2) is 23.5 Å². The Balaban J connectivity index is 1.96. The summed E-state index contributed by atoms with van der Waals surface area (Å²) in [5.74, 6) is -2.09. The second kappa shape index (κ2) is 6.27. The van der Waals surface area contributed by atoms with Crippen LogP contribution in [0, 0.1) is 12.8 Å². The minimum atomic E-state index is -2.44. The number of hydrogen-bond donors (Lipinski definition) is 1. The summed E-state index contributed by atoms with van der Waals surface area (Å²) < 4.78 is 26.5. The van der Waals surface area contributed by atoms with E-state index in [0.717, 1.165) is 23.7 Å². The Morgan fingerprint density at radius 1 is 1.47 bits per heavy atom. The SMILES string of the molecule is CCNC(Cc1csc(C)n1)C1CCC(F)(F)CC1. The van der Waals surface area contributed by atoms with E-state index in [1.54, 1.807) is 11.3 Å². The number of alkyl halides is 2. The summed E-state index contributed by atoms with van der Waals surface area (Å²) in [6.45, 7) is 4.94. The summed E-state index contributed by atoms with van der Waals surface area (Å²) in [4.78, 5) is 4.49. The highest BCUT2D eigenvalue weighted by Crippen LogP contribution is 2.38. The Hall–Kier alpha value is -0.550. The number of hydrogen-bond acceptors (Lipinski definition) is 3. The Kier molecular flexibility index (Phi) is 4.90. The molecule has 1 heterocycles. The van der Waals surface area contributed by atoms with E-state index >= 15 is 0 Å². The molecule has 2 nitrogen and oxygen atoms in total. The number of halogens is 2. The minimum absolute atomic E-state index is 0.0374. The molecule has 1 aromatic rings. The minimum Gasteiger partial charge on any atom is -0.314 e. The summed E-state index contributed by atoms with van der Waals surface area (Å²) in [6.07, 6.45) is 2.17. The predicted molar refractivity (Wildman–Crippen MR) is 74.9 cm³/mol. The van der Waals surface area contributed by atoms with Crippen molar-refractivity contribution in [2.24, 2.45) is 5.92 Å². The van der Waals surface area contributed by atoms with Gasteiger partial charge < -0.3 is 5.32 Å². The molecule has 108 valence electrons. The fourth-order valence-electron chi connectivity index (χ4n) is 2.86. The average molecular weight is 288 g/mol. The maximum absolute atomic E-state index is 13.2. The van der Waals surface area contributed by atoms with Gasteiger partial charge in [0.15, 0.2) is 0 Å². The van der Waals surface area contributed by atoms with Gasteiger partial charge in [0, 0.05) is 30.7 Å². The van der Waals surface area contributed by atoms with Crippen molar-refractivity contribution >= 4 is 11.3 Å². The van der Waals surface area contributed by atoms with Crippen LogP contribution in [-0.2, 0) is 6.42 Å². The summed E-state index contributed by atoms with van der Waals surface area (Å²) in [5.41, 5.74) is 1.09. The third-order valence-electron chi connectivity index (χ3n) is 3.89. The summed E-state index contributed by atoms with van der Waals surface area (Å²) in [5, 5.41) is 6.61. The second-order valence-electron chi connectivity index (χ2n) is 5.42. The van der Waals surface area contributed by atoms with E-state index in [9.17, 15) is 8.78 Å². The molecule has 2 rings (SSSR count). The van der Waals surface area contributed by atoms with Crippen LogP contribution in [0.25, 0.3) is 0 Å². The van der Waals surface area contributed by atoms with E-state index in [1.807, 2.05) is 6.92 Å². The summed E-state index contributed by atoms with van der Waals surface area (Å²) >= 11 is 1.65. The predicted octanol–water partition coefficient (Wildman–Crippen LogP) is 3.80. The van der Waals surface area contributed by atoms with E-state index in [1.165, 1.54) is 0 Å². The molecule has 19 heavy (non-hydrogen) atoms. The van der Waals surface area contributed by atoms with Crippen LogP contribution in [0.1, 0.15) is 43.3 Å². The molecule has 0 saturated heterocycles. The molecule has 0 radical (unpaired) electrons. The zero-order valence-electron chi connectivity index (χ0n) is 11.6. The number of aryl methyl sites for hydroxylation is 1. The quantitative estimate of drug-likeness (QED) is 0.891. The third-order valence-corrected chi connectivity index (χ3v) is 4.72. The Labute approximate surface area is 117 Å². The van der Waals surface area contributed by atoms with Crippen LogP contribution in [0.4, 0.5) is 8.78 Å². The van der Waals surface area contributed by atoms with Gasteiger partial charge in [-0.05, 0) is 32.2 Å². The van der Waals surface area contributed by atoms with Crippen molar-refractivity contribution in [1.29, 1.82) is 0 Å². The Morgan fingerprint density at radius 2 is 2.16 bits per heavy atom. The number of aromatic nitrogens is 1.